The van der Waals surface area contributed by atoms with Crippen LogP contribution in [0.3, 0.4) is 0 Å². The minimum absolute atomic E-state index is 0.544. The van der Waals surface area contributed by atoms with Crippen LogP contribution in [0.5, 0.6) is 17.2 Å². The zero-order chi connectivity index (χ0) is 18.7. The van der Waals surface area contributed by atoms with Crippen LogP contribution in [-0.2, 0) is 6.42 Å². The highest BCUT2D eigenvalue weighted by Gasteiger charge is 2.15. The van der Waals surface area contributed by atoms with E-state index < -0.39 is 0 Å². The van der Waals surface area contributed by atoms with E-state index in [1.54, 1.807) is 25.8 Å². The van der Waals surface area contributed by atoms with Crippen LogP contribution in [-0.4, -0.2) is 40.9 Å². The molecule has 0 spiro atoms. The lowest BCUT2D eigenvalue weighted by atomic mass is 10.2. The van der Waals surface area contributed by atoms with Gasteiger partial charge in [0.1, 0.15) is 5.82 Å². The van der Waals surface area contributed by atoms with E-state index in [1.807, 2.05) is 25.1 Å². The maximum atomic E-state index is 5.41. The van der Waals surface area contributed by atoms with Crippen molar-refractivity contribution in [1.82, 2.24) is 19.6 Å². The molecule has 0 radical (unpaired) electrons. The summed E-state index contributed by atoms with van der Waals surface area (Å²) < 4.78 is 17.9. The van der Waals surface area contributed by atoms with E-state index in [1.165, 1.54) is 0 Å². The number of nitrogens with one attached hydrogen (secondary N) is 1. The predicted octanol–water partition coefficient (Wildman–Crippen LogP) is 3.15. The van der Waals surface area contributed by atoms with Crippen LogP contribution < -0.4 is 19.5 Å². The first-order valence-corrected chi connectivity index (χ1v) is 8.40. The molecule has 0 atom stereocenters. The van der Waals surface area contributed by atoms with Gasteiger partial charge in [-0.25, -0.2) is 4.98 Å². The van der Waals surface area contributed by atoms with Crippen molar-refractivity contribution in [1.29, 1.82) is 0 Å². The van der Waals surface area contributed by atoms with Gasteiger partial charge in [0.25, 0.3) is 5.78 Å². The van der Waals surface area contributed by atoms with Crippen LogP contribution in [0.25, 0.3) is 5.78 Å². The molecule has 0 aliphatic carbocycles. The maximum absolute atomic E-state index is 5.41. The number of ether oxygens (including phenoxy) is 3. The van der Waals surface area contributed by atoms with Crippen molar-refractivity contribution in [2.75, 3.05) is 26.6 Å². The average molecular weight is 357 g/mol. The minimum Gasteiger partial charge on any atom is -0.493 e. The van der Waals surface area contributed by atoms with Gasteiger partial charge < -0.3 is 19.5 Å². The summed E-state index contributed by atoms with van der Waals surface area (Å²) in [6.07, 6.45) is 1.79. The van der Waals surface area contributed by atoms with E-state index in [4.69, 9.17) is 14.2 Å². The van der Waals surface area contributed by atoms with Gasteiger partial charge in [-0.3, -0.25) is 0 Å². The van der Waals surface area contributed by atoms with E-state index in [2.05, 4.69) is 27.3 Å². The summed E-state index contributed by atoms with van der Waals surface area (Å²) in [7, 11) is 4.75. The maximum Gasteiger partial charge on any atom is 0.254 e. The zero-order valence-corrected chi connectivity index (χ0v) is 15.7. The molecule has 0 saturated carbocycles. The van der Waals surface area contributed by atoms with Crippen molar-refractivity contribution >= 4 is 17.3 Å². The lowest BCUT2D eigenvalue weighted by molar-refractivity contribution is 0.324. The molecule has 8 nitrogen and oxygen atoms in total. The fourth-order valence-electron chi connectivity index (χ4n) is 2.75. The van der Waals surface area contributed by atoms with E-state index >= 15 is 0 Å². The van der Waals surface area contributed by atoms with Crippen molar-refractivity contribution < 1.29 is 14.2 Å². The number of anilines is 2. The highest BCUT2D eigenvalue weighted by atomic mass is 16.5. The van der Waals surface area contributed by atoms with Gasteiger partial charge in [-0.05, 0) is 13.3 Å². The van der Waals surface area contributed by atoms with E-state index in [0.29, 0.717) is 23.0 Å². The number of nitrogens with zero attached hydrogens (tertiary/aromatic N) is 4. The summed E-state index contributed by atoms with van der Waals surface area (Å²) in [5, 5.41) is 7.90. The predicted molar refractivity (Wildman–Crippen MR) is 98.9 cm³/mol. The largest absolute Gasteiger partial charge is 0.493 e. The number of hydrogen-bond acceptors (Lipinski definition) is 7. The molecule has 3 rings (SSSR count). The molecule has 0 unspecified atom stereocenters. The molecule has 0 fully saturated rings. The standard InChI is InChI=1S/C18H23N5O3/c1-6-7-15-21-18-19-11(2)8-16(23(18)22-15)20-12-9-13(24-3)17(26-5)14(10-12)25-4/h8-10,20H,6-7H2,1-5H3. The van der Waals surface area contributed by atoms with Crippen LogP contribution in [0.1, 0.15) is 24.9 Å². The second-order valence-electron chi connectivity index (χ2n) is 5.81. The number of benzene rings is 1. The summed E-state index contributed by atoms with van der Waals surface area (Å²) in [5.41, 5.74) is 1.63. The molecule has 8 heteroatoms. The van der Waals surface area contributed by atoms with Gasteiger partial charge in [-0.15, -0.1) is 5.10 Å². The normalized spacial score (nSPS) is 10.8. The third-order valence-corrected chi connectivity index (χ3v) is 3.89. The molecule has 0 saturated heterocycles. The molecule has 1 N–H and O–H groups in total. The summed E-state index contributed by atoms with van der Waals surface area (Å²) in [6, 6.07) is 5.60. The van der Waals surface area contributed by atoms with Gasteiger partial charge in [0, 0.05) is 36.0 Å². The van der Waals surface area contributed by atoms with Gasteiger partial charge in [0.2, 0.25) is 5.75 Å². The Morgan fingerprint density at radius 3 is 2.27 bits per heavy atom. The molecule has 2 aromatic heterocycles. The zero-order valence-electron chi connectivity index (χ0n) is 15.7. The Bertz CT molecular complexity index is 898. The van der Waals surface area contributed by atoms with Crippen molar-refractivity contribution in [3.63, 3.8) is 0 Å². The van der Waals surface area contributed by atoms with Crippen molar-refractivity contribution in [3.05, 3.63) is 29.7 Å². The molecular formula is C18H23N5O3. The Morgan fingerprint density at radius 2 is 1.69 bits per heavy atom. The number of aryl methyl sites for hydroxylation is 2. The fraction of sp³-hybridized carbons (Fsp3) is 0.389. The van der Waals surface area contributed by atoms with Gasteiger partial charge >= 0.3 is 0 Å². The Balaban J connectivity index is 2.05. The molecule has 0 bridgehead atoms. The molecule has 3 aromatic rings. The monoisotopic (exact) mass is 357 g/mol. The number of fused-ring (bicyclic) bond motifs is 1. The number of rotatable bonds is 7. The van der Waals surface area contributed by atoms with E-state index in [9.17, 15) is 0 Å². The fourth-order valence-corrected chi connectivity index (χ4v) is 2.75. The Labute approximate surface area is 152 Å². The molecule has 0 amide bonds. The molecule has 1 aromatic carbocycles. The van der Waals surface area contributed by atoms with Gasteiger partial charge in [0.05, 0.1) is 21.3 Å². The summed E-state index contributed by atoms with van der Waals surface area (Å²) >= 11 is 0. The quantitative estimate of drug-likeness (QED) is 0.695. The van der Waals surface area contributed by atoms with E-state index in [-0.39, 0.29) is 0 Å². The van der Waals surface area contributed by atoms with Crippen LogP contribution in [0, 0.1) is 6.92 Å². The number of methoxy groups -OCH3 is 3. The summed E-state index contributed by atoms with van der Waals surface area (Å²) in [5.74, 6) is 3.80. The summed E-state index contributed by atoms with van der Waals surface area (Å²) in [4.78, 5) is 8.95. The Kier molecular flexibility index (Phi) is 5.11. The Morgan fingerprint density at radius 1 is 1.00 bits per heavy atom. The Hall–Kier alpha value is -3.03. The highest BCUT2D eigenvalue weighted by Crippen LogP contribution is 2.40. The lowest BCUT2D eigenvalue weighted by Gasteiger charge is -2.15. The molecule has 26 heavy (non-hydrogen) atoms. The van der Waals surface area contributed by atoms with Gasteiger partial charge in [0.15, 0.2) is 17.3 Å². The van der Waals surface area contributed by atoms with Crippen molar-refractivity contribution in [3.8, 4) is 17.2 Å². The second kappa shape index (κ2) is 7.47. The smallest absolute Gasteiger partial charge is 0.254 e. The van der Waals surface area contributed by atoms with Crippen LogP contribution >= 0.6 is 0 Å². The lowest BCUT2D eigenvalue weighted by Crippen LogP contribution is -2.04. The number of aromatic nitrogens is 4. The minimum atomic E-state index is 0.544. The van der Waals surface area contributed by atoms with Gasteiger partial charge in [-0.2, -0.15) is 9.50 Å². The molecule has 138 valence electrons. The number of hydrogen-bond donors (Lipinski definition) is 1. The molecule has 0 aliphatic rings. The summed E-state index contributed by atoms with van der Waals surface area (Å²) in [6.45, 7) is 4.02. The van der Waals surface area contributed by atoms with Crippen LogP contribution in [0.4, 0.5) is 11.5 Å². The third kappa shape index (κ3) is 3.35. The molecule has 2 heterocycles. The first kappa shape index (κ1) is 17.8. The second-order valence-corrected chi connectivity index (χ2v) is 5.81. The first-order valence-electron chi connectivity index (χ1n) is 8.40. The van der Waals surface area contributed by atoms with Crippen LogP contribution in [0.2, 0.25) is 0 Å². The molecular weight excluding hydrogens is 334 g/mol. The van der Waals surface area contributed by atoms with E-state index in [0.717, 1.165) is 35.9 Å². The van der Waals surface area contributed by atoms with Crippen molar-refractivity contribution in [2.24, 2.45) is 0 Å². The SMILES string of the molecule is CCCc1nc2nc(C)cc(Nc3cc(OC)c(OC)c(OC)c3)n2n1. The first-order chi connectivity index (χ1) is 12.6. The highest BCUT2D eigenvalue weighted by molar-refractivity contribution is 5.67. The molecule has 0 aliphatic heterocycles. The van der Waals surface area contributed by atoms with Crippen LogP contribution in [0.15, 0.2) is 18.2 Å². The van der Waals surface area contributed by atoms with Gasteiger partial charge in [-0.1, -0.05) is 6.92 Å². The topological polar surface area (TPSA) is 82.8 Å². The average Bonchev–Trinajstić information content (AvgIpc) is 3.03. The third-order valence-electron chi connectivity index (χ3n) is 3.89. The van der Waals surface area contributed by atoms with Crippen molar-refractivity contribution in [2.45, 2.75) is 26.7 Å².